The molecule has 1 aromatic carbocycles. The van der Waals surface area contributed by atoms with Gasteiger partial charge >= 0.3 is 0 Å². The van der Waals surface area contributed by atoms with Gasteiger partial charge in [0.2, 0.25) is 5.91 Å². The summed E-state index contributed by atoms with van der Waals surface area (Å²) in [4.78, 5) is 12.1. The van der Waals surface area contributed by atoms with Crippen molar-refractivity contribution in [3.8, 4) is 5.75 Å². The second-order valence-corrected chi connectivity index (χ2v) is 6.95. The lowest BCUT2D eigenvalue weighted by Crippen LogP contribution is -2.48. The highest BCUT2D eigenvalue weighted by Gasteiger charge is 2.36. The predicted molar refractivity (Wildman–Crippen MR) is 87.9 cm³/mol. The number of hydrogen-bond acceptors (Lipinski definition) is 5. The van der Waals surface area contributed by atoms with Crippen LogP contribution in [0.5, 0.6) is 5.75 Å². The number of amides is 1. The van der Waals surface area contributed by atoms with Gasteiger partial charge in [0.15, 0.2) is 12.5 Å². The molecule has 0 aliphatic carbocycles. The zero-order valence-electron chi connectivity index (χ0n) is 13.8. The molecule has 1 aromatic rings. The van der Waals surface area contributed by atoms with Crippen LogP contribution in [0, 0.1) is 5.41 Å². The maximum atomic E-state index is 12.1. The molecule has 3 rings (SSSR count). The third-order valence-electron chi connectivity index (χ3n) is 4.05. The van der Waals surface area contributed by atoms with E-state index in [1.807, 2.05) is 13.8 Å². The minimum absolute atomic E-state index is 0.0586. The zero-order valence-corrected chi connectivity index (χ0v) is 14.6. The molecule has 2 saturated heterocycles. The number of halogens is 1. The second-order valence-electron chi connectivity index (χ2n) is 6.54. The molecule has 7 heteroatoms. The number of carbonyl (C=O) groups is 1. The van der Waals surface area contributed by atoms with E-state index in [4.69, 9.17) is 30.5 Å². The Morgan fingerprint density at radius 2 is 2.04 bits per heavy atom. The first-order valence-corrected chi connectivity index (χ1v) is 8.41. The van der Waals surface area contributed by atoms with Crippen molar-refractivity contribution in [1.82, 2.24) is 5.32 Å². The van der Waals surface area contributed by atoms with Crippen LogP contribution in [-0.4, -0.2) is 38.6 Å². The lowest BCUT2D eigenvalue weighted by molar-refractivity contribution is -0.150. The van der Waals surface area contributed by atoms with Crippen LogP contribution >= 0.6 is 11.6 Å². The molecule has 1 atom stereocenters. The molecule has 2 heterocycles. The Morgan fingerprint density at radius 1 is 1.29 bits per heavy atom. The molecule has 2 aliphatic heterocycles. The van der Waals surface area contributed by atoms with E-state index in [-0.39, 0.29) is 12.2 Å². The largest absolute Gasteiger partial charge is 0.493 e. The van der Waals surface area contributed by atoms with E-state index in [9.17, 15) is 4.79 Å². The minimum Gasteiger partial charge on any atom is -0.493 e. The Balaban J connectivity index is 1.62. The Labute approximate surface area is 146 Å². The molecule has 0 radical (unpaired) electrons. The van der Waals surface area contributed by atoms with Gasteiger partial charge < -0.3 is 24.3 Å². The molecule has 1 unspecified atom stereocenters. The van der Waals surface area contributed by atoms with E-state index in [0.29, 0.717) is 49.2 Å². The van der Waals surface area contributed by atoms with Crippen molar-refractivity contribution in [2.75, 3.05) is 26.4 Å². The average molecular weight is 356 g/mol. The summed E-state index contributed by atoms with van der Waals surface area (Å²) in [5.74, 6) is 0.603. The van der Waals surface area contributed by atoms with E-state index in [1.165, 1.54) is 0 Å². The number of benzene rings is 1. The fourth-order valence-corrected chi connectivity index (χ4v) is 2.76. The zero-order chi connectivity index (χ0) is 17.2. The van der Waals surface area contributed by atoms with Gasteiger partial charge in [-0.05, 0) is 32.0 Å². The van der Waals surface area contributed by atoms with Crippen molar-refractivity contribution in [2.45, 2.75) is 32.8 Å². The van der Waals surface area contributed by atoms with E-state index in [0.717, 1.165) is 0 Å². The summed E-state index contributed by atoms with van der Waals surface area (Å²) in [6.07, 6.45) is -0.106. The summed E-state index contributed by atoms with van der Waals surface area (Å²) in [7, 11) is 0. The Kier molecular flexibility index (Phi) is 5.30. The van der Waals surface area contributed by atoms with Crippen molar-refractivity contribution in [1.29, 1.82) is 0 Å². The highest BCUT2D eigenvalue weighted by Crippen LogP contribution is 2.33. The lowest BCUT2D eigenvalue weighted by atomic mass is 9.92. The first-order valence-electron chi connectivity index (χ1n) is 8.04. The van der Waals surface area contributed by atoms with E-state index in [1.54, 1.807) is 18.2 Å². The van der Waals surface area contributed by atoms with Gasteiger partial charge in [0, 0.05) is 17.0 Å². The summed E-state index contributed by atoms with van der Waals surface area (Å²) in [6.45, 7) is 5.74. The van der Waals surface area contributed by atoms with Gasteiger partial charge in [0.1, 0.15) is 5.75 Å². The fourth-order valence-electron chi connectivity index (χ4n) is 2.54. The van der Waals surface area contributed by atoms with Gasteiger partial charge in [0.25, 0.3) is 0 Å². The van der Waals surface area contributed by atoms with Crippen molar-refractivity contribution in [2.24, 2.45) is 5.41 Å². The second kappa shape index (κ2) is 7.27. The summed E-state index contributed by atoms with van der Waals surface area (Å²) in [6, 6.07) is 5.32. The van der Waals surface area contributed by atoms with Gasteiger partial charge in [-0.15, -0.1) is 0 Å². The maximum Gasteiger partial charge on any atom is 0.230 e. The molecule has 1 amide bonds. The van der Waals surface area contributed by atoms with Crippen LogP contribution in [0.1, 0.15) is 32.1 Å². The molecule has 1 N–H and O–H groups in total. The Hall–Kier alpha value is -1.34. The monoisotopic (exact) mass is 355 g/mol. The van der Waals surface area contributed by atoms with Crippen molar-refractivity contribution >= 4 is 17.5 Å². The first-order chi connectivity index (χ1) is 11.5. The SMILES string of the molecule is CC1(C)COC(c2cc(OCCC3OCCO3)ccc2Cl)NC1=O. The normalized spacial score (nSPS) is 24.0. The van der Waals surface area contributed by atoms with Crippen LogP contribution in [0.4, 0.5) is 0 Å². The van der Waals surface area contributed by atoms with Gasteiger partial charge in [-0.2, -0.15) is 0 Å². The van der Waals surface area contributed by atoms with E-state index < -0.39 is 11.6 Å². The summed E-state index contributed by atoms with van der Waals surface area (Å²) in [5, 5.41) is 3.37. The van der Waals surface area contributed by atoms with Crippen molar-refractivity contribution in [3.63, 3.8) is 0 Å². The Morgan fingerprint density at radius 3 is 2.75 bits per heavy atom. The summed E-state index contributed by atoms with van der Waals surface area (Å²) < 4.78 is 22.2. The number of carbonyl (C=O) groups excluding carboxylic acids is 1. The first kappa shape index (κ1) is 17.5. The standard InChI is InChI=1S/C17H22ClNO5/c1-17(2)10-24-15(19-16(17)20)12-9-11(3-4-13(12)18)21-6-5-14-22-7-8-23-14/h3-4,9,14-15H,5-8,10H2,1-2H3,(H,19,20). The van der Waals surface area contributed by atoms with Crippen LogP contribution in [0.2, 0.25) is 5.02 Å². The average Bonchev–Trinajstić information content (AvgIpc) is 3.05. The van der Waals surface area contributed by atoms with E-state index >= 15 is 0 Å². The number of rotatable bonds is 5. The molecule has 0 spiro atoms. The third kappa shape index (κ3) is 4.00. The number of hydrogen-bond donors (Lipinski definition) is 1. The van der Waals surface area contributed by atoms with Crippen molar-refractivity contribution < 1.29 is 23.7 Å². The molecule has 0 saturated carbocycles. The molecule has 0 aromatic heterocycles. The fraction of sp³-hybridized carbons (Fsp3) is 0.588. The molecule has 0 bridgehead atoms. The number of ether oxygens (including phenoxy) is 4. The van der Waals surface area contributed by atoms with Crippen LogP contribution in [-0.2, 0) is 19.0 Å². The Bertz CT molecular complexity index is 601. The topological polar surface area (TPSA) is 66.0 Å². The van der Waals surface area contributed by atoms with Crippen LogP contribution in [0.25, 0.3) is 0 Å². The van der Waals surface area contributed by atoms with Gasteiger partial charge in [-0.25, -0.2) is 0 Å². The summed E-state index contributed by atoms with van der Waals surface area (Å²) in [5.41, 5.74) is 0.143. The smallest absolute Gasteiger partial charge is 0.230 e. The highest BCUT2D eigenvalue weighted by molar-refractivity contribution is 6.31. The molecular weight excluding hydrogens is 334 g/mol. The molecule has 24 heavy (non-hydrogen) atoms. The van der Waals surface area contributed by atoms with Crippen LogP contribution in [0.15, 0.2) is 18.2 Å². The lowest BCUT2D eigenvalue weighted by Gasteiger charge is -2.34. The molecular formula is C17H22ClNO5. The number of nitrogens with one attached hydrogen (secondary N) is 1. The van der Waals surface area contributed by atoms with Gasteiger partial charge in [-0.3, -0.25) is 4.79 Å². The third-order valence-corrected chi connectivity index (χ3v) is 4.39. The quantitative estimate of drug-likeness (QED) is 0.879. The molecule has 2 fully saturated rings. The van der Waals surface area contributed by atoms with Crippen LogP contribution in [0.3, 0.4) is 0 Å². The minimum atomic E-state index is -0.567. The van der Waals surface area contributed by atoms with Crippen molar-refractivity contribution in [3.05, 3.63) is 28.8 Å². The maximum absolute atomic E-state index is 12.1. The van der Waals surface area contributed by atoms with Gasteiger partial charge in [-0.1, -0.05) is 11.6 Å². The van der Waals surface area contributed by atoms with Crippen LogP contribution < -0.4 is 10.1 Å². The molecule has 132 valence electrons. The van der Waals surface area contributed by atoms with Gasteiger partial charge in [0.05, 0.1) is 31.8 Å². The predicted octanol–water partition coefficient (Wildman–Crippen LogP) is 2.65. The highest BCUT2D eigenvalue weighted by atomic mass is 35.5. The molecule has 2 aliphatic rings. The summed E-state index contributed by atoms with van der Waals surface area (Å²) >= 11 is 6.26. The van der Waals surface area contributed by atoms with E-state index in [2.05, 4.69) is 5.32 Å². The molecule has 6 nitrogen and oxygen atoms in total.